The second-order valence-corrected chi connectivity index (χ2v) is 5.19. The van der Waals surface area contributed by atoms with Crippen molar-refractivity contribution in [2.45, 2.75) is 31.9 Å². The van der Waals surface area contributed by atoms with Crippen LogP contribution in [0.25, 0.3) is 0 Å². The molecule has 1 aromatic rings. The predicted molar refractivity (Wildman–Crippen MR) is 76.9 cm³/mol. The monoisotopic (exact) mass is 292 g/mol. The maximum absolute atomic E-state index is 11.5. The highest BCUT2D eigenvalue weighted by Crippen LogP contribution is 2.11. The molecule has 0 aliphatic carbocycles. The first-order valence-corrected chi connectivity index (χ1v) is 6.99. The Balaban J connectivity index is 1.70. The Morgan fingerprint density at radius 2 is 2.10 bits per heavy atom. The standard InChI is InChI=1S/C15H20N2O4/c1-10-2-4-12(5-3-10)21-9-11(18)8-16-13-6-7-14(19)17-15(13)20/h2-5,11,13,16,18H,6-9H2,1H3,(H,17,19,20). The number of hydrogen-bond acceptors (Lipinski definition) is 5. The molecule has 1 aliphatic rings. The Morgan fingerprint density at radius 1 is 1.38 bits per heavy atom. The van der Waals surface area contributed by atoms with E-state index in [0.717, 1.165) is 5.56 Å². The van der Waals surface area contributed by atoms with Gasteiger partial charge < -0.3 is 15.2 Å². The van der Waals surface area contributed by atoms with Crippen molar-refractivity contribution in [3.63, 3.8) is 0 Å². The van der Waals surface area contributed by atoms with Gasteiger partial charge in [-0.25, -0.2) is 0 Å². The van der Waals surface area contributed by atoms with Crippen LogP contribution in [-0.2, 0) is 9.59 Å². The second-order valence-electron chi connectivity index (χ2n) is 5.19. The van der Waals surface area contributed by atoms with E-state index in [1.165, 1.54) is 0 Å². The highest BCUT2D eigenvalue weighted by atomic mass is 16.5. The van der Waals surface area contributed by atoms with Gasteiger partial charge in [-0.2, -0.15) is 0 Å². The van der Waals surface area contributed by atoms with Crippen LogP contribution in [0.1, 0.15) is 18.4 Å². The van der Waals surface area contributed by atoms with Gasteiger partial charge in [-0.15, -0.1) is 0 Å². The summed E-state index contributed by atoms with van der Waals surface area (Å²) >= 11 is 0. The van der Waals surface area contributed by atoms with Gasteiger partial charge in [0.2, 0.25) is 11.8 Å². The van der Waals surface area contributed by atoms with E-state index in [0.29, 0.717) is 18.6 Å². The number of carbonyl (C=O) groups excluding carboxylic acids is 2. The molecule has 0 spiro atoms. The van der Waals surface area contributed by atoms with E-state index in [4.69, 9.17) is 4.74 Å². The molecule has 21 heavy (non-hydrogen) atoms. The van der Waals surface area contributed by atoms with E-state index in [2.05, 4.69) is 10.6 Å². The molecule has 2 unspecified atom stereocenters. The largest absolute Gasteiger partial charge is 0.491 e. The van der Waals surface area contributed by atoms with Crippen molar-refractivity contribution in [1.82, 2.24) is 10.6 Å². The fourth-order valence-corrected chi connectivity index (χ4v) is 2.05. The molecular formula is C15H20N2O4. The van der Waals surface area contributed by atoms with Crippen LogP contribution in [0.3, 0.4) is 0 Å². The maximum Gasteiger partial charge on any atom is 0.243 e. The van der Waals surface area contributed by atoms with E-state index in [9.17, 15) is 14.7 Å². The molecule has 114 valence electrons. The third-order valence-corrected chi connectivity index (χ3v) is 3.30. The van der Waals surface area contributed by atoms with Gasteiger partial charge in [0.1, 0.15) is 18.5 Å². The number of carbonyl (C=O) groups is 2. The molecule has 6 nitrogen and oxygen atoms in total. The van der Waals surface area contributed by atoms with Gasteiger partial charge in [-0.3, -0.25) is 14.9 Å². The first-order valence-electron chi connectivity index (χ1n) is 6.99. The summed E-state index contributed by atoms with van der Waals surface area (Å²) in [6, 6.07) is 7.12. The van der Waals surface area contributed by atoms with Crippen molar-refractivity contribution in [2.75, 3.05) is 13.2 Å². The molecule has 6 heteroatoms. The van der Waals surface area contributed by atoms with Gasteiger partial charge in [0.05, 0.1) is 6.04 Å². The minimum absolute atomic E-state index is 0.142. The van der Waals surface area contributed by atoms with Crippen molar-refractivity contribution in [3.8, 4) is 5.75 Å². The molecule has 2 atom stereocenters. The normalized spacial score (nSPS) is 20.0. The van der Waals surface area contributed by atoms with Gasteiger partial charge >= 0.3 is 0 Å². The average Bonchev–Trinajstić information content (AvgIpc) is 2.46. The zero-order valence-corrected chi connectivity index (χ0v) is 12.0. The molecule has 0 bridgehead atoms. The van der Waals surface area contributed by atoms with Gasteiger partial charge in [0.15, 0.2) is 0 Å². The van der Waals surface area contributed by atoms with Gasteiger partial charge in [0, 0.05) is 13.0 Å². The molecule has 3 N–H and O–H groups in total. The lowest BCUT2D eigenvalue weighted by Crippen LogP contribution is -2.52. The van der Waals surface area contributed by atoms with E-state index in [1.54, 1.807) is 0 Å². The van der Waals surface area contributed by atoms with Crippen molar-refractivity contribution >= 4 is 11.8 Å². The van der Waals surface area contributed by atoms with Crippen molar-refractivity contribution in [3.05, 3.63) is 29.8 Å². The first kappa shape index (κ1) is 15.5. The molecule has 2 amide bonds. The SMILES string of the molecule is Cc1ccc(OCC(O)CNC2CCC(=O)NC2=O)cc1. The van der Waals surface area contributed by atoms with E-state index < -0.39 is 12.1 Å². The van der Waals surface area contributed by atoms with Gasteiger partial charge in [-0.1, -0.05) is 17.7 Å². The highest BCUT2D eigenvalue weighted by molar-refractivity contribution is 6.00. The van der Waals surface area contributed by atoms with Crippen LogP contribution in [0.5, 0.6) is 5.75 Å². The topological polar surface area (TPSA) is 87.7 Å². The van der Waals surface area contributed by atoms with Crippen molar-refractivity contribution in [2.24, 2.45) is 0 Å². The maximum atomic E-state index is 11.5. The van der Waals surface area contributed by atoms with E-state index in [1.807, 2.05) is 31.2 Å². The van der Waals surface area contributed by atoms with Crippen LogP contribution in [0, 0.1) is 6.92 Å². The first-order chi connectivity index (χ1) is 10.0. The molecule has 2 rings (SSSR count). The zero-order chi connectivity index (χ0) is 15.2. The molecule has 1 aromatic carbocycles. The van der Waals surface area contributed by atoms with E-state index >= 15 is 0 Å². The van der Waals surface area contributed by atoms with Crippen LogP contribution < -0.4 is 15.4 Å². The molecule has 1 heterocycles. The highest BCUT2D eigenvalue weighted by Gasteiger charge is 2.26. The molecule has 0 saturated carbocycles. The fourth-order valence-electron chi connectivity index (χ4n) is 2.05. The lowest BCUT2D eigenvalue weighted by atomic mass is 10.1. The number of ether oxygens (including phenoxy) is 1. The van der Waals surface area contributed by atoms with Crippen molar-refractivity contribution in [1.29, 1.82) is 0 Å². The Bertz CT molecular complexity index is 501. The average molecular weight is 292 g/mol. The summed E-state index contributed by atoms with van der Waals surface area (Å²) in [5.41, 5.74) is 1.14. The van der Waals surface area contributed by atoms with Gasteiger partial charge in [0.25, 0.3) is 0 Å². The fraction of sp³-hybridized carbons (Fsp3) is 0.467. The zero-order valence-electron chi connectivity index (χ0n) is 12.0. The predicted octanol–water partition coefficient (Wildman–Crippen LogP) is 0.130. The number of aryl methyl sites for hydroxylation is 1. The second kappa shape index (κ2) is 7.19. The molecule has 0 aromatic heterocycles. The van der Waals surface area contributed by atoms with Gasteiger partial charge in [-0.05, 0) is 25.5 Å². The van der Waals surface area contributed by atoms with Crippen LogP contribution in [-0.4, -0.2) is 42.2 Å². The summed E-state index contributed by atoms with van der Waals surface area (Å²) < 4.78 is 5.46. The quantitative estimate of drug-likeness (QED) is 0.649. The third-order valence-electron chi connectivity index (χ3n) is 3.30. The third kappa shape index (κ3) is 4.84. The van der Waals surface area contributed by atoms with Crippen LogP contribution in [0.15, 0.2) is 24.3 Å². The minimum Gasteiger partial charge on any atom is -0.491 e. The van der Waals surface area contributed by atoms with E-state index in [-0.39, 0.29) is 25.0 Å². The molecular weight excluding hydrogens is 272 g/mol. The number of imide groups is 1. The Labute approximate surface area is 123 Å². The molecule has 1 fully saturated rings. The summed E-state index contributed by atoms with van der Waals surface area (Å²) in [6.07, 6.45) is 0.0481. The van der Waals surface area contributed by atoms with Crippen LogP contribution >= 0.6 is 0 Å². The van der Waals surface area contributed by atoms with Crippen LogP contribution in [0.4, 0.5) is 0 Å². The lowest BCUT2D eigenvalue weighted by molar-refractivity contribution is -0.134. The number of benzene rings is 1. The number of aliphatic hydroxyl groups is 1. The molecule has 1 saturated heterocycles. The van der Waals surface area contributed by atoms with Crippen LogP contribution in [0.2, 0.25) is 0 Å². The number of aliphatic hydroxyl groups excluding tert-OH is 1. The number of amides is 2. The Kier molecular flexibility index (Phi) is 5.30. The number of nitrogens with one attached hydrogen (secondary N) is 2. The lowest BCUT2D eigenvalue weighted by Gasteiger charge is -2.23. The smallest absolute Gasteiger partial charge is 0.243 e. The summed E-state index contributed by atoms with van der Waals surface area (Å²) in [7, 11) is 0. The number of hydrogen-bond donors (Lipinski definition) is 3. The summed E-state index contributed by atoms with van der Waals surface area (Å²) in [5.74, 6) is 0.111. The molecule has 0 radical (unpaired) electrons. The van der Waals surface area contributed by atoms with Crippen molar-refractivity contribution < 1.29 is 19.4 Å². The number of piperidine rings is 1. The Morgan fingerprint density at radius 3 is 2.76 bits per heavy atom. The summed E-state index contributed by atoms with van der Waals surface area (Å²) in [6.45, 7) is 2.37. The summed E-state index contributed by atoms with van der Waals surface area (Å²) in [4.78, 5) is 22.5. The minimum atomic E-state index is -0.725. The number of rotatable bonds is 6. The molecule has 1 aliphatic heterocycles. The Hall–Kier alpha value is -1.92. The summed E-state index contributed by atoms with van der Waals surface area (Å²) in [5, 5.41) is 15.1.